The Kier molecular flexibility index (Phi) is 4.54. The van der Waals surface area contributed by atoms with Crippen molar-refractivity contribution in [1.82, 2.24) is 14.5 Å². The summed E-state index contributed by atoms with van der Waals surface area (Å²) in [6, 6.07) is 3.59. The van der Waals surface area contributed by atoms with Crippen molar-refractivity contribution in [3.63, 3.8) is 0 Å². The number of ether oxygens (including phenoxy) is 1. The molecule has 1 saturated heterocycles. The van der Waals surface area contributed by atoms with Gasteiger partial charge < -0.3 is 15.0 Å². The van der Waals surface area contributed by atoms with Crippen molar-refractivity contribution in [2.24, 2.45) is 0 Å². The van der Waals surface area contributed by atoms with Gasteiger partial charge in [0, 0.05) is 26.2 Å². The molecule has 0 aliphatic carbocycles. The molecular formula is C14H18Cl2N4O. The smallest absolute Gasteiger partial charge is 0.201 e. The highest BCUT2D eigenvalue weighted by Crippen LogP contribution is 2.29. The molecule has 0 amide bonds. The second-order valence-corrected chi connectivity index (χ2v) is 6.00. The van der Waals surface area contributed by atoms with Crippen LogP contribution in [0.3, 0.4) is 0 Å². The number of hydrogen-bond acceptors (Lipinski definition) is 4. The number of nitrogens with zero attached hydrogens (tertiary/aromatic N) is 3. The van der Waals surface area contributed by atoms with Crippen LogP contribution in [0.15, 0.2) is 12.1 Å². The van der Waals surface area contributed by atoms with Crippen molar-refractivity contribution >= 4 is 40.2 Å². The maximum Gasteiger partial charge on any atom is 0.201 e. The number of aromatic nitrogens is 2. The van der Waals surface area contributed by atoms with Gasteiger partial charge in [-0.05, 0) is 18.6 Å². The molecule has 7 heteroatoms. The molecule has 0 spiro atoms. The molecular weight excluding hydrogens is 311 g/mol. The van der Waals surface area contributed by atoms with E-state index in [0.717, 1.165) is 56.8 Å². The number of hydrogen-bond donors (Lipinski definition) is 1. The molecule has 5 nitrogen and oxygen atoms in total. The van der Waals surface area contributed by atoms with Gasteiger partial charge in [0.05, 0.1) is 34.3 Å². The van der Waals surface area contributed by atoms with Gasteiger partial charge >= 0.3 is 0 Å². The molecule has 2 heterocycles. The molecule has 0 atom stereocenters. The minimum Gasteiger partial charge on any atom is -0.379 e. The number of aryl methyl sites for hydroxylation is 1. The molecule has 0 bridgehead atoms. The third-order valence-electron chi connectivity index (χ3n) is 3.78. The molecule has 0 saturated carbocycles. The second kappa shape index (κ2) is 6.40. The highest BCUT2D eigenvalue weighted by molar-refractivity contribution is 6.42. The van der Waals surface area contributed by atoms with E-state index in [1.54, 1.807) is 6.07 Å². The zero-order valence-corrected chi connectivity index (χ0v) is 13.2. The topological polar surface area (TPSA) is 56.3 Å². The van der Waals surface area contributed by atoms with Crippen LogP contribution >= 0.6 is 23.2 Å². The largest absolute Gasteiger partial charge is 0.379 e. The Labute approximate surface area is 133 Å². The van der Waals surface area contributed by atoms with E-state index in [9.17, 15) is 0 Å². The number of benzene rings is 1. The first-order valence-corrected chi connectivity index (χ1v) is 7.81. The van der Waals surface area contributed by atoms with Crippen molar-refractivity contribution in [1.29, 1.82) is 0 Å². The Bertz CT molecular complexity index is 637. The minimum atomic E-state index is 0.502. The van der Waals surface area contributed by atoms with E-state index in [1.807, 2.05) is 10.6 Å². The maximum absolute atomic E-state index is 6.09. The van der Waals surface area contributed by atoms with Crippen molar-refractivity contribution in [3.8, 4) is 0 Å². The van der Waals surface area contributed by atoms with E-state index >= 15 is 0 Å². The number of halogens is 2. The number of imidazole rings is 1. The molecule has 1 aromatic heterocycles. The molecule has 0 unspecified atom stereocenters. The molecule has 1 aliphatic rings. The average molecular weight is 329 g/mol. The van der Waals surface area contributed by atoms with Gasteiger partial charge in [-0.1, -0.05) is 23.2 Å². The Hall–Kier alpha value is -1.01. The lowest BCUT2D eigenvalue weighted by molar-refractivity contribution is 0.0370. The van der Waals surface area contributed by atoms with Gasteiger partial charge in [-0.25, -0.2) is 4.98 Å². The summed E-state index contributed by atoms with van der Waals surface area (Å²) < 4.78 is 7.35. The second-order valence-electron chi connectivity index (χ2n) is 5.18. The fourth-order valence-corrected chi connectivity index (χ4v) is 2.97. The summed E-state index contributed by atoms with van der Waals surface area (Å²) in [4.78, 5) is 6.75. The van der Waals surface area contributed by atoms with Gasteiger partial charge in [0.25, 0.3) is 0 Å². The van der Waals surface area contributed by atoms with Crippen LogP contribution in [-0.4, -0.2) is 47.3 Å². The lowest BCUT2D eigenvalue weighted by Crippen LogP contribution is -2.37. The van der Waals surface area contributed by atoms with Crippen LogP contribution < -0.4 is 5.73 Å². The van der Waals surface area contributed by atoms with Crippen LogP contribution in [0.4, 0.5) is 5.95 Å². The van der Waals surface area contributed by atoms with Crippen LogP contribution in [0.2, 0.25) is 10.0 Å². The van der Waals surface area contributed by atoms with Crippen LogP contribution in [0.1, 0.15) is 6.42 Å². The van der Waals surface area contributed by atoms with Gasteiger partial charge in [-0.2, -0.15) is 0 Å². The summed E-state index contributed by atoms with van der Waals surface area (Å²) in [6.45, 7) is 5.50. The summed E-state index contributed by atoms with van der Waals surface area (Å²) in [5.41, 5.74) is 7.72. The zero-order valence-electron chi connectivity index (χ0n) is 11.7. The molecule has 2 N–H and O–H groups in total. The van der Waals surface area contributed by atoms with E-state index in [1.165, 1.54) is 0 Å². The molecule has 1 aromatic carbocycles. The van der Waals surface area contributed by atoms with E-state index in [2.05, 4.69) is 9.88 Å². The molecule has 114 valence electrons. The summed E-state index contributed by atoms with van der Waals surface area (Å²) in [7, 11) is 0. The zero-order chi connectivity index (χ0) is 14.8. The van der Waals surface area contributed by atoms with Crippen LogP contribution in [0, 0.1) is 0 Å². The highest BCUT2D eigenvalue weighted by atomic mass is 35.5. The Morgan fingerprint density at radius 1 is 1.14 bits per heavy atom. The van der Waals surface area contributed by atoms with Crippen LogP contribution in [0.5, 0.6) is 0 Å². The first-order valence-electron chi connectivity index (χ1n) is 7.06. The number of nitrogen functional groups attached to an aromatic ring is 1. The first-order chi connectivity index (χ1) is 10.1. The standard InChI is InChI=1S/C14H18Cl2N4O/c15-10-8-12-13(9-11(10)16)20(14(17)18-12)3-1-2-19-4-6-21-7-5-19/h8-9H,1-7H2,(H2,17,18). The van der Waals surface area contributed by atoms with E-state index in [-0.39, 0.29) is 0 Å². The molecule has 3 rings (SSSR count). The molecule has 2 aromatic rings. The number of morpholine rings is 1. The summed E-state index contributed by atoms with van der Waals surface area (Å²) in [5.74, 6) is 0.505. The third-order valence-corrected chi connectivity index (χ3v) is 4.50. The summed E-state index contributed by atoms with van der Waals surface area (Å²) in [6.07, 6.45) is 1.01. The predicted molar refractivity (Wildman–Crippen MR) is 86.0 cm³/mol. The molecule has 21 heavy (non-hydrogen) atoms. The van der Waals surface area contributed by atoms with Crippen molar-refractivity contribution in [2.45, 2.75) is 13.0 Å². The van der Waals surface area contributed by atoms with E-state index < -0.39 is 0 Å². The predicted octanol–water partition coefficient (Wildman–Crippen LogP) is 2.65. The van der Waals surface area contributed by atoms with Crippen LogP contribution in [0.25, 0.3) is 11.0 Å². The SMILES string of the molecule is Nc1nc2cc(Cl)c(Cl)cc2n1CCCN1CCOCC1. The van der Waals surface area contributed by atoms with Crippen molar-refractivity contribution in [2.75, 3.05) is 38.6 Å². The van der Waals surface area contributed by atoms with Gasteiger partial charge in [0.15, 0.2) is 0 Å². The fraction of sp³-hybridized carbons (Fsp3) is 0.500. The minimum absolute atomic E-state index is 0.502. The highest BCUT2D eigenvalue weighted by Gasteiger charge is 2.13. The van der Waals surface area contributed by atoms with Gasteiger partial charge in [-0.15, -0.1) is 0 Å². The third kappa shape index (κ3) is 3.26. The molecule has 1 aliphatic heterocycles. The summed E-state index contributed by atoms with van der Waals surface area (Å²) in [5, 5.41) is 1.03. The van der Waals surface area contributed by atoms with Gasteiger partial charge in [-0.3, -0.25) is 4.90 Å². The van der Waals surface area contributed by atoms with Crippen LogP contribution in [-0.2, 0) is 11.3 Å². The van der Waals surface area contributed by atoms with E-state index in [4.69, 9.17) is 33.7 Å². The van der Waals surface area contributed by atoms with Crippen molar-refractivity contribution in [3.05, 3.63) is 22.2 Å². The quantitative estimate of drug-likeness (QED) is 0.937. The molecule has 1 fully saturated rings. The first kappa shape index (κ1) is 14.9. The lowest BCUT2D eigenvalue weighted by atomic mass is 10.3. The normalized spacial score (nSPS) is 16.7. The van der Waals surface area contributed by atoms with Crippen molar-refractivity contribution < 1.29 is 4.74 Å². The molecule has 0 radical (unpaired) electrons. The number of anilines is 1. The number of nitrogens with two attached hydrogens (primary N) is 1. The Morgan fingerprint density at radius 3 is 2.62 bits per heavy atom. The Morgan fingerprint density at radius 2 is 1.86 bits per heavy atom. The summed E-state index contributed by atoms with van der Waals surface area (Å²) >= 11 is 12.1. The van der Waals surface area contributed by atoms with E-state index in [0.29, 0.717) is 16.0 Å². The Balaban J connectivity index is 1.71. The van der Waals surface area contributed by atoms with Gasteiger partial charge in [0.2, 0.25) is 5.95 Å². The number of fused-ring (bicyclic) bond motifs is 1. The lowest BCUT2D eigenvalue weighted by Gasteiger charge is -2.26. The van der Waals surface area contributed by atoms with Gasteiger partial charge in [0.1, 0.15) is 0 Å². The average Bonchev–Trinajstić information content (AvgIpc) is 2.76. The fourth-order valence-electron chi connectivity index (χ4n) is 2.65. The number of rotatable bonds is 4. The maximum atomic E-state index is 6.09. The monoisotopic (exact) mass is 328 g/mol.